The summed E-state index contributed by atoms with van der Waals surface area (Å²) in [6, 6.07) is 7.76. The molecule has 1 aromatic rings. The highest BCUT2D eigenvalue weighted by Crippen LogP contribution is 2.24. The lowest BCUT2D eigenvalue weighted by atomic mass is 9.95. The first-order valence-electron chi connectivity index (χ1n) is 6.84. The second-order valence-electron chi connectivity index (χ2n) is 5.47. The highest BCUT2D eigenvalue weighted by atomic mass is 35.5. The molecule has 1 aliphatic heterocycles. The molecule has 0 spiro atoms. The summed E-state index contributed by atoms with van der Waals surface area (Å²) in [7, 11) is 0. The Kier molecular flexibility index (Phi) is 4.83. The number of carbonyl (C=O) groups excluding carboxylic acids is 1. The largest absolute Gasteiger partial charge is 0.349 e. The predicted octanol–water partition coefficient (Wildman–Crippen LogP) is 2.76. The van der Waals surface area contributed by atoms with Crippen LogP contribution in [-0.2, 0) is 4.79 Å². The van der Waals surface area contributed by atoms with E-state index in [9.17, 15) is 4.79 Å². The molecule has 19 heavy (non-hydrogen) atoms. The first-order chi connectivity index (χ1) is 9.08. The summed E-state index contributed by atoms with van der Waals surface area (Å²) in [6.45, 7) is 5.96. The van der Waals surface area contributed by atoms with Gasteiger partial charge in [-0.25, -0.2) is 0 Å². The molecule has 104 valence electrons. The summed E-state index contributed by atoms with van der Waals surface area (Å²) < 4.78 is 0. The highest BCUT2D eigenvalue weighted by Gasteiger charge is 2.26. The minimum atomic E-state index is 0.0466. The van der Waals surface area contributed by atoms with Crippen LogP contribution < -0.4 is 10.6 Å². The van der Waals surface area contributed by atoms with E-state index in [0.29, 0.717) is 5.92 Å². The van der Waals surface area contributed by atoms with Crippen LogP contribution in [0.4, 0.5) is 0 Å². The number of carbonyl (C=O) groups is 1. The summed E-state index contributed by atoms with van der Waals surface area (Å²) in [5.74, 6) is 0.603. The number of halogens is 1. The highest BCUT2D eigenvalue weighted by molar-refractivity contribution is 6.30. The minimum absolute atomic E-state index is 0.0466. The Labute approximate surface area is 119 Å². The SMILES string of the molecule is CC(C)C(NC(=O)C1CCNC1)c1ccc(Cl)cc1. The number of hydrogen-bond acceptors (Lipinski definition) is 2. The molecule has 2 N–H and O–H groups in total. The zero-order valence-corrected chi connectivity index (χ0v) is 12.2. The van der Waals surface area contributed by atoms with Crippen LogP contribution in [0.2, 0.25) is 5.02 Å². The lowest BCUT2D eigenvalue weighted by molar-refractivity contribution is -0.125. The van der Waals surface area contributed by atoms with Crippen molar-refractivity contribution in [3.63, 3.8) is 0 Å². The summed E-state index contributed by atoms with van der Waals surface area (Å²) in [5, 5.41) is 7.12. The van der Waals surface area contributed by atoms with Gasteiger partial charge in [0.25, 0.3) is 0 Å². The van der Waals surface area contributed by atoms with Crippen LogP contribution in [0, 0.1) is 11.8 Å². The van der Waals surface area contributed by atoms with Gasteiger partial charge in [0.05, 0.1) is 12.0 Å². The van der Waals surface area contributed by atoms with Crippen LogP contribution in [0.5, 0.6) is 0 Å². The third-order valence-corrected chi connectivity index (χ3v) is 3.88. The van der Waals surface area contributed by atoms with E-state index in [1.54, 1.807) is 0 Å². The Morgan fingerprint density at radius 2 is 2.05 bits per heavy atom. The van der Waals surface area contributed by atoms with E-state index in [1.165, 1.54) is 0 Å². The Morgan fingerprint density at radius 1 is 1.37 bits per heavy atom. The molecule has 1 aliphatic rings. The maximum Gasteiger partial charge on any atom is 0.224 e. The average Bonchev–Trinajstić information content (AvgIpc) is 2.90. The second-order valence-corrected chi connectivity index (χ2v) is 5.91. The quantitative estimate of drug-likeness (QED) is 0.890. The molecule has 1 fully saturated rings. The molecular formula is C15H21ClN2O. The van der Waals surface area contributed by atoms with Gasteiger partial charge in [0.15, 0.2) is 0 Å². The smallest absolute Gasteiger partial charge is 0.224 e. The number of benzene rings is 1. The molecule has 1 heterocycles. The molecule has 0 saturated carbocycles. The second kappa shape index (κ2) is 6.40. The molecular weight excluding hydrogens is 260 g/mol. The van der Waals surface area contributed by atoms with Gasteiger partial charge in [-0.3, -0.25) is 4.79 Å². The number of hydrogen-bond donors (Lipinski definition) is 2. The first-order valence-corrected chi connectivity index (χ1v) is 7.22. The van der Waals surface area contributed by atoms with Gasteiger partial charge in [0.1, 0.15) is 0 Å². The Morgan fingerprint density at radius 3 is 2.58 bits per heavy atom. The van der Waals surface area contributed by atoms with Crippen molar-refractivity contribution in [2.24, 2.45) is 11.8 Å². The molecule has 2 atom stereocenters. The standard InChI is InChI=1S/C15H21ClN2O/c1-10(2)14(11-3-5-13(16)6-4-11)18-15(19)12-7-8-17-9-12/h3-6,10,12,14,17H,7-9H2,1-2H3,(H,18,19). The van der Waals surface area contributed by atoms with E-state index in [1.807, 2.05) is 24.3 Å². The van der Waals surface area contributed by atoms with Gasteiger partial charge in [-0.2, -0.15) is 0 Å². The molecule has 1 aromatic carbocycles. The van der Waals surface area contributed by atoms with Crippen molar-refractivity contribution in [3.8, 4) is 0 Å². The van der Waals surface area contributed by atoms with Crippen molar-refractivity contribution in [1.82, 2.24) is 10.6 Å². The molecule has 2 rings (SSSR count). The maximum absolute atomic E-state index is 12.2. The van der Waals surface area contributed by atoms with Crippen LogP contribution in [0.3, 0.4) is 0 Å². The monoisotopic (exact) mass is 280 g/mol. The van der Waals surface area contributed by atoms with Gasteiger partial charge >= 0.3 is 0 Å². The van der Waals surface area contributed by atoms with E-state index >= 15 is 0 Å². The Balaban J connectivity index is 2.07. The summed E-state index contributed by atoms with van der Waals surface area (Å²) >= 11 is 5.91. The third-order valence-electron chi connectivity index (χ3n) is 3.62. The number of rotatable bonds is 4. The molecule has 4 heteroatoms. The molecule has 0 aliphatic carbocycles. The first kappa shape index (κ1) is 14.4. The van der Waals surface area contributed by atoms with Crippen molar-refractivity contribution in [2.75, 3.05) is 13.1 Å². The van der Waals surface area contributed by atoms with Gasteiger partial charge in [-0.05, 0) is 36.6 Å². The molecule has 0 aromatic heterocycles. The summed E-state index contributed by atoms with van der Waals surface area (Å²) in [4.78, 5) is 12.2. The van der Waals surface area contributed by atoms with Crippen LogP contribution >= 0.6 is 11.6 Å². The van der Waals surface area contributed by atoms with Gasteiger partial charge in [-0.1, -0.05) is 37.6 Å². The van der Waals surface area contributed by atoms with E-state index < -0.39 is 0 Å². The van der Waals surface area contributed by atoms with Gasteiger partial charge in [-0.15, -0.1) is 0 Å². The maximum atomic E-state index is 12.2. The molecule has 0 radical (unpaired) electrons. The topological polar surface area (TPSA) is 41.1 Å². The fourth-order valence-corrected chi connectivity index (χ4v) is 2.58. The van der Waals surface area contributed by atoms with Crippen LogP contribution in [0.15, 0.2) is 24.3 Å². The third kappa shape index (κ3) is 3.71. The lowest BCUT2D eigenvalue weighted by Crippen LogP contribution is -2.37. The molecule has 2 unspecified atom stereocenters. The lowest BCUT2D eigenvalue weighted by Gasteiger charge is -2.24. The number of nitrogens with one attached hydrogen (secondary N) is 2. The van der Waals surface area contributed by atoms with E-state index in [4.69, 9.17) is 11.6 Å². The van der Waals surface area contributed by atoms with Crippen molar-refractivity contribution in [1.29, 1.82) is 0 Å². The number of amides is 1. The molecule has 0 bridgehead atoms. The zero-order chi connectivity index (χ0) is 13.8. The molecule has 1 amide bonds. The predicted molar refractivity (Wildman–Crippen MR) is 78.2 cm³/mol. The fraction of sp³-hybridized carbons (Fsp3) is 0.533. The van der Waals surface area contributed by atoms with Gasteiger partial charge in [0, 0.05) is 11.6 Å². The van der Waals surface area contributed by atoms with E-state index in [2.05, 4.69) is 24.5 Å². The van der Waals surface area contributed by atoms with Gasteiger partial charge < -0.3 is 10.6 Å². The molecule has 3 nitrogen and oxygen atoms in total. The van der Waals surface area contributed by atoms with Crippen LogP contribution in [0.1, 0.15) is 31.9 Å². The van der Waals surface area contributed by atoms with E-state index in [-0.39, 0.29) is 17.9 Å². The normalized spacial score (nSPS) is 20.5. The van der Waals surface area contributed by atoms with Crippen LogP contribution in [0.25, 0.3) is 0 Å². The Bertz CT molecular complexity index is 424. The van der Waals surface area contributed by atoms with E-state index in [0.717, 1.165) is 30.1 Å². The fourth-order valence-electron chi connectivity index (χ4n) is 2.45. The summed E-state index contributed by atoms with van der Waals surface area (Å²) in [6.07, 6.45) is 0.928. The minimum Gasteiger partial charge on any atom is -0.349 e. The molecule has 1 saturated heterocycles. The van der Waals surface area contributed by atoms with Crippen molar-refractivity contribution < 1.29 is 4.79 Å². The Hall–Kier alpha value is -1.06. The van der Waals surface area contributed by atoms with Crippen molar-refractivity contribution in [3.05, 3.63) is 34.9 Å². The van der Waals surface area contributed by atoms with Crippen molar-refractivity contribution >= 4 is 17.5 Å². The van der Waals surface area contributed by atoms with Gasteiger partial charge in [0.2, 0.25) is 5.91 Å². The zero-order valence-electron chi connectivity index (χ0n) is 11.4. The van der Waals surface area contributed by atoms with Crippen molar-refractivity contribution in [2.45, 2.75) is 26.3 Å². The average molecular weight is 281 g/mol. The van der Waals surface area contributed by atoms with Crippen LogP contribution in [-0.4, -0.2) is 19.0 Å². The summed E-state index contributed by atoms with van der Waals surface area (Å²) in [5.41, 5.74) is 1.11.